The van der Waals surface area contributed by atoms with Crippen LogP contribution < -0.4 is 15.8 Å². The molecule has 49 heavy (non-hydrogen) atoms. The molecule has 0 aromatic carbocycles. The lowest BCUT2D eigenvalue weighted by atomic mass is 9.42. The summed E-state index contributed by atoms with van der Waals surface area (Å²) in [6.45, 7) is 4.77. The van der Waals surface area contributed by atoms with Gasteiger partial charge >= 0.3 is 0 Å². The van der Waals surface area contributed by atoms with Crippen molar-refractivity contribution < 1.29 is 23.5 Å². The van der Waals surface area contributed by atoms with Crippen LogP contribution >= 0.6 is 0 Å². The SMILES string of the molecule is COc1cc(C(=O)N2[C@@H]3CC[C@H]2[C@@H](N)[C@@H](OC)C3)cc2nc(-c3cc4ccc([C@@H](C)NC(=O)C56CC(F)(C5)C6)nc4n3CC3CC3)c(C)n12. The number of nitrogens with two attached hydrogens (primary N) is 1. The normalized spacial score (nSPS) is 30.7. The van der Waals surface area contributed by atoms with Crippen LogP contribution in [-0.2, 0) is 16.1 Å². The van der Waals surface area contributed by atoms with E-state index in [1.807, 2.05) is 41.3 Å². The van der Waals surface area contributed by atoms with Crippen molar-refractivity contribution in [3.8, 4) is 17.3 Å². The van der Waals surface area contributed by atoms with Gasteiger partial charge in [0, 0.05) is 36.7 Å². The molecule has 2 saturated heterocycles. The zero-order chi connectivity index (χ0) is 34.0. The Hall–Kier alpha value is -4.03. The Bertz CT molecular complexity index is 2010. The number of carbonyl (C=O) groups is 2. The molecule has 0 radical (unpaired) electrons. The maximum atomic E-state index is 14.1. The number of ether oxygens (including phenoxy) is 2. The molecule has 4 bridgehead atoms. The van der Waals surface area contributed by atoms with E-state index in [0.717, 1.165) is 59.6 Å². The molecule has 4 saturated carbocycles. The van der Waals surface area contributed by atoms with Crippen LogP contribution in [0.1, 0.15) is 86.1 Å². The van der Waals surface area contributed by atoms with Gasteiger partial charge < -0.3 is 30.0 Å². The Morgan fingerprint density at radius 2 is 1.88 bits per heavy atom. The Kier molecular flexibility index (Phi) is 6.79. The van der Waals surface area contributed by atoms with Crippen LogP contribution in [0.4, 0.5) is 4.39 Å². The molecule has 6 fully saturated rings. The Morgan fingerprint density at radius 3 is 2.57 bits per heavy atom. The van der Waals surface area contributed by atoms with Crippen molar-refractivity contribution in [3.63, 3.8) is 0 Å². The lowest BCUT2D eigenvalue weighted by Crippen LogP contribution is -2.70. The fourth-order valence-corrected chi connectivity index (χ4v) is 9.36. The molecule has 0 unspecified atom stereocenters. The van der Waals surface area contributed by atoms with Crippen LogP contribution in [0.5, 0.6) is 5.88 Å². The van der Waals surface area contributed by atoms with Gasteiger partial charge in [0.05, 0.1) is 53.8 Å². The molecule has 12 heteroatoms. The van der Waals surface area contributed by atoms with E-state index in [0.29, 0.717) is 42.3 Å². The van der Waals surface area contributed by atoms with E-state index in [2.05, 4.69) is 22.0 Å². The molecular weight excluding hydrogens is 625 g/mol. The molecular formula is C37H44FN7O4. The number of methoxy groups -OCH3 is 2. The van der Waals surface area contributed by atoms with E-state index in [1.54, 1.807) is 14.2 Å². The van der Waals surface area contributed by atoms with E-state index >= 15 is 0 Å². The Morgan fingerprint density at radius 1 is 1.10 bits per heavy atom. The van der Waals surface area contributed by atoms with Gasteiger partial charge in [0.15, 0.2) is 5.88 Å². The van der Waals surface area contributed by atoms with Crippen LogP contribution in [0, 0.1) is 18.3 Å². The number of rotatable bonds is 9. The summed E-state index contributed by atoms with van der Waals surface area (Å²) in [6.07, 6.45) is 5.81. The molecule has 258 valence electrons. The number of aryl methyl sites for hydroxylation is 1. The van der Waals surface area contributed by atoms with E-state index in [-0.39, 0.29) is 42.1 Å². The van der Waals surface area contributed by atoms with E-state index in [1.165, 1.54) is 12.8 Å². The summed E-state index contributed by atoms with van der Waals surface area (Å²) in [7, 11) is 3.31. The molecule has 4 aromatic heterocycles. The summed E-state index contributed by atoms with van der Waals surface area (Å²) in [5.74, 6) is 0.976. The summed E-state index contributed by atoms with van der Waals surface area (Å²) < 4.78 is 29.9. The highest BCUT2D eigenvalue weighted by Crippen LogP contribution is 2.69. The molecule has 6 aliphatic rings. The summed E-state index contributed by atoms with van der Waals surface area (Å²) in [4.78, 5) is 39.3. The van der Waals surface area contributed by atoms with E-state index in [4.69, 9.17) is 25.2 Å². The van der Waals surface area contributed by atoms with Gasteiger partial charge in [-0.3, -0.25) is 14.0 Å². The molecule has 11 nitrogen and oxygen atoms in total. The first-order valence-electron chi connectivity index (χ1n) is 17.7. The number of carbonyl (C=O) groups excluding carboxylic acids is 2. The predicted molar refractivity (Wildman–Crippen MR) is 181 cm³/mol. The average Bonchev–Trinajstić information content (AvgIpc) is 3.60. The summed E-state index contributed by atoms with van der Waals surface area (Å²) in [5, 5.41) is 4.10. The predicted octanol–water partition coefficient (Wildman–Crippen LogP) is 4.87. The Balaban J connectivity index is 1.07. The number of hydrogen-bond donors (Lipinski definition) is 2. The maximum Gasteiger partial charge on any atom is 0.254 e. The van der Waals surface area contributed by atoms with E-state index < -0.39 is 11.1 Å². The highest BCUT2D eigenvalue weighted by Gasteiger charge is 2.72. The molecule has 10 rings (SSSR count). The number of fused-ring (bicyclic) bond motifs is 4. The van der Waals surface area contributed by atoms with Crippen LogP contribution in [0.3, 0.4) is 0 Å². The van der Waals surface area contributed by atoms with Crippen molar-refractivity contribution in [2.75, 3.05) is 14.2 Å². The summed E-state index contributed by atoms with van der Waals surface area (Å²) >= 11 is 0. The van der Waals surface area contributed by atoms with Gasteiger partial charge in [-0.15, -0.1) is 0 Å². The second-order valence-corrected chi connectivity index (χ2v) is 15.5. The second-order valence-electron chi connectivity index (χ2n) is 15.5. The number of aromatic nitrogens is 4. The number of halogens is 1. The number of nitrogens with one attached hydrogen (secondary N) is 1. The quantitative estimate of drug-likeness (QED) is 0.260. The number of piperidine rings is 1. The van der Waals surface area contributed by atoms with Crippen LogP contribution in [0.2, 0.25) is 0 Å². The third-order valence-electron chi connectivity index (χ3n) is 12.2. The van der Waals surface area contributed by atoms with Gasteiger partial charge in [-0.05, 0) is 95.4 Å². The lowest BCUT2D eigenvalue weighted by Gasteiger charge is -2.64. The largest absolute Gasteiger partial charge is 0.482 e. The first kappa shape index (κ1) is 31.0. The monoisotopic (exact) mass is 669 g/mol. The highest BCUT2D eigenvalue weighted by molar-refractivity contribution is 5.96. The molecule has 0 spiro atoms. The summed E-state index contributed by atoms with van der Waals surface area (Å²) in [5.41, 5.74) is 10.4. The second kappa shape index (κ2) is 10.7. The molecule has 3 N–H and O–H groups in total. The standard InChI is InChI=1S/C37H44FN7O4/c1-19(40-35(47)36-16-37(38,17-36)18-36)25-9-7-22-11-27(43(33(22)41-25)15-21-5-6-21)32-20(2)44-29(42-32)12-23(13-30(44)49-4)34(46)45-24-8-10-26(45)31(39)28(14-24)48-3/h7,9,11-13,19,21,24,26,28,31H,5-6,8,10,14-18,39H2,1-4H3,(H,40,47)/t19-,24-,26+,28+,31-,36?,37?/m1/s1. The van der Waals surface area contributed by atoms with Crippen LogP contribution in [0.25, 0.3) is 28.1 Å². The van der Waals surface area contributed by atoms with Gasteiger partial charge in [-0.1, -0.05) is 0 Å². The van der Waals surface area contributed by atoms with Gasteiger partial charge in [0.25, 0.3) is 5.91 Å². The van der Waals surface area contributed by atoms with Gasteiger partial charge in [-0.2, -0.15) is 0 Å². The van der Waals surface area contributed by atoms with Crippen molar-refractivity contribution in [3.05, 3.63) is 47.3 Å². The number of imidazole rings is 1. The van der Waals surface area contributed by atoms with Gasteiger partial charge in [0.1, 0.15) is 22.7 Å². The van der Waals surface area contributed by atoms with Crippen molar-refractivity contribution in [1.82, 2.24) is 29.2 Å². The third-order valence-corrected chi connectivity index (χ3v) is 12.2. The first-order chi connectivity index (χ1) is 23.5. The van der Waals surface area contributed by atoms with Gasteiger partial charge in [0.2, 0.25) is 5.91 Å². The van der Waals surface area contributed by atoms with Crippen molar-refractivity contribution in [1.29, 1.82) is 0 Å². The smallest absolute Gasteiger partial charge is 0.254 e. The number of nitrogens with zero attached hydrogens (tertiary/aromatic N) is 5. The third kappa shape index (κ3) is 4.66. The zero-order valence-corrected chi connectivity index (χ0v) is 28.5. The van der Waals surface area contributed by atoms with Crippen molar-refractivity contribution in [2.24, 2.45) is 17.1 Å². The highest BCUT2D eigenvalue weighted by atomic mass is 19.1. The van der Waals surface area contributed by atoms with Gasteiger partial charge in [-0.25, -0.2) is 14.4 Å². The molecule has 5 atom stereocenters. The van der Waals surface area contributed by atoms with Crippen molar-refractivity contribution in [2.45, 2.75) is 108 Å². The molecule has 4 aliphatic carbocycles. The fourth-order valence-electron chi connectivity index (χ4n) is 9.36. The minimum atomic E-state index is -1.12. The van der Waals surface area contributed by atoms with Crippen LogP contribution in [0.15, 0.2) is 30.3 Å². The number of alkyl halides is 1. The number of amides is 2. The van der Waals surface area contributed by atoms with Crippen LogP contribution in [-0.4, -0.2) is 79.8 Å². The molecule has 2 aliphatic heterocycles. The van der Waals surface area contributed by atoms with Crippen molar-refractivity contribution >= 4 is 28.5 Å². The number of pyridine rings is 2. The first-order valence-corrected chi connectivity index (χ1v) is 17.7. The average molecular weight is 670 g/mol. The molecule has 2 amide bonds. The Labute approximate surface area is 284 Å². The number of hydrogen-bond acceptors (Lipinski definition) is 7. The minimum Gasteiger partial charge on any atom is -0.482 e. The molecule has 6 heterocycles. The topological polar surface area (TPSA) is 129 Å². The summed E-state index contributed by atoms with van der Waals surface area (Å²) in [6, 6.07) is 9.32. The lowest BCUT2D eigenvalue weighted by molar-refractivity contribution is -0.214. The molecule has 4 aromatic rings. The minimum absolute atomic E-state index is 0.0473. The fraction of sp³-hybridized carbons (Fsp3) is 0.568. The zero-order valence-electron chi connectivity index (χ0n) is 28.5. The van der Waals surface area contributed by atoms with E-state index in [9.17, 15) is 14.0 Å². The maximum absolute atomic E-state index is 14.1.